The number of benzene rings is 3. The first-order chi connectivity index (χ1) is 18.9. The molecule has 5 rings (SSSR count). The lowest BCUT2D eigenvalue weighted by molar-refractivity contribution is -0.120. The maximum absolute atomic E-state index is 13.3. The van der Waals surface area contributed by atoms with Crippen molar-refractivity contribution in [3.8, 4) is 11.3 Å². The summed E-state index contributed by atoms with van der Waals surface area (Å²) < 4.78 is 11.1. The smallest absolute Gasteiger partial charge is 0.339 e. The fourth-order valence-electron chi connectivity index (χ4n) is 4.59. The maximum Gasteiger partial charge on any atom is 0.339 e. The van der Waals surface area contributed by atoms with Gasteiger partial charge in [0, 0.05) is 28.4 Å². The zero-order chi connectivity index (χ0) is 27.4. The molecule has 1 amide bonds. The highest BCUT2D eigenvalue weighted by Crippen LogP contribution is 2.30. The first-order valence-corrected chi connectivity index (χ1v) is 13.0. The average molecular weight is 539 g/mol. The SMILES string of the molecule is CCOC(=O)c1cncc(-c2cc3cc(CC(=O)NC(c4ccccc4)c4ccc(Cl)cc4C)ccc3o2)c1. The van der Waals surface area contributed by atoms with Gasteiger partial charge in [0.05, 0.1) is 24.6 Å². The Hall–Kier alpha value is -4.42. The predicted molar refractivity (Wildman–Crippen MR) is 152 cm³/mol. The van der Waals surface area contributed by atoms with Crippen LogP contribution >= 0.6 is 11.6 Å². The third-order valence-electron chi connectivity index (χ3n) is 6.46. The minimum Gasteiger partial charge on any atom is -0.462 e. The molecule has 1 unspecified atom stereocenters. The second kappa shape index (κ2) is 11.5. The van der Waals surface area contributed by atoms with E-state index in [0.29, 0.717) is 27.5 Å². The first kappa shape index (κ1) is 26.2. The van der Waals surface area contributed by atoms with E-state index in [4.69, 9.17) is 20.8 Å². The quantitative estimate of drug-likeness (QED) is 0.213. The monoisotopic (exact) mass is 538 g/mol. The number of ether oxygens (including phenoxy) is 1. The van der Waals surface area contributed by atoms with Crippen LogP contribution in [0.2, 0.25) is 5.02 Å². The molecule has 3 aromatic carbocycles. The van der Waals surface area contributed by atoms with E-state index in [-0.39, 0.29) is 25.0 Å². The zero-order valence-electron chi connectivity index (χ0n) is 21.6. The van der Waals surface area contributed by atoms with Gasteiger partial charge in [-0.1, -0.05) is 54.1 Å². The van der Waals surface area contributed by atoms with E-state index in [1.807, 2.05) is 79.7 Å². The third-order valence-corrected chi connectivity index (χ3v) is 6.70. The highest BCUT2D eigenvalue weighted by atomic mass is 35.5. The summed E-state index contributed by atoms with van der Waals surface area (Å²) in [5.74, 6) is 0.0408. The number of esters is 1. The second-order valence-electron chi connectivity index (χ2n) is 9.25. The number of rotatable bonds is 8. The van der Waals surface area contributed by atoms with Crippen molar-refractivity contribution in [1.29, 1.82) is 0 Å². The number of pyridine rings is 1. The molecule has 1 atom stereocenters. The van der Waals surface area contributed by atoms with E-state index >= 15 is 0 Å². The summed E-state index contributed by atoms with van der Waals surface area (Å²) in [6.45, 7) is 4.04. The number of hydrogen-bond acceptors (Lipinski definition) is 5. The van der Waals surface area contributed by atoms with Crippen LogP contribution in [0.15, 0.2) is 95.7 Å². The summed E-state index contributed by atoms with van der Waals surface area (Å²) in [5.41, 5.74) is 5.54. The largest absolute Gasteiger partial charge is 0.462 e. The Labute approximate surface area is 231 Å². The molecule has 0 bridgehead atoms. The normalized spacial score (nSPS) is 11.8. The van der Waals surface area contributed by atoms with E-state index < -0.39 is 5.97 Å². The molecule has 1 N–H and O–H groups in total. The molecule has 0 aliphatic rings. The molecule has 0 spiro atoms. The molecule has 6 nitrogen and oxygen atoms in total. The van der Waals surface area contributed by atoms with Gasteiger partial charge in [0.15, 0.2) is 0 Å². The van der Waals surface area contributed by atoms with Crippen LogP contribution in [-0.4, -0.2) is 23.5 Å². The number of aryl methyl sites for hydroxylation is 1. The Morgan fingerprint density at radius 2 is 1.82 bits per heavy atom. The molecule has 7 heteroatoms. The minimum atomic E-state index is -0.432. The predicted octanol–water partition coefficient (Wildman–Crippen LogP) is 7.08. The minimum absolute atomic E-state index is 0.104. The molecule has 0 saturated heterocycles. The van der Waals surface area contributed by atoms with E-state index in [2.05, 4.69) is 10.3 Å². The Kier molecular flexibility index (Phi) is 7.75. The van der Waals surface area contributed by atoms with Crippen LogP contribution in [0.4, 0.5) is 0 Å². The fourth-order valence-corrected chi connectivity index (χ4v) is 4.82. The summed E-state index contributed by atoms with van der Waals surface area (Å²) in [7, 11) is 0. The van der Waals surface area contributed by atoms with Gasteiger partial charge >= 0.3 is 5.97 Å². The average Bonchev–Trinajstić information content (AvgIpc) is 3.36. The van der Waals surface area contributed by atoms with E-state index in [1.54, 1.807) is 19.2 Å². The van der Waals surface area contributed by atoms with E-state index in [0.717, 1.165) is 27.6 Å². The van der Waals surface area contributed by atoms with Crippen molar-refractivity contribution in [3.05, 3.63) is 124 Å². The third kappa shape index (κ3) is 6.02. The van der Waals surface area contributed by atoms with Crippen molar-refractivity contribution >= 4 is 34.4 Å². The van der Waals surface area contributed by atoms with Crippen molar-refractivity contribution in [3.63, 3.8) is 0 Å². The summed E-state index contributed by atoms with van der Waals surface area (Å²) in [6.07, 6.45) is 3.30. The fraction of sp³-hybridized carbons (Fsp3) is 0.156. The summed E-state index contributed by atoms with van der Waals surface area (Å²) in [5, 5.41) is 4.72. The number of carbonyl (C=O) groups is 2. The lowest BCUT2D eigenvalue weighted by atomic mass is 9.94. The molecule has 5 aromatic rings. The van der Waals surface area contributed by atoms with Gasteiger partial charge in [-0.2, -0.15) is 0 Å². The molecule has 39 heavy (non-hydrogen) atoms. The van der Waals surface area contributed by atoms with Crippen molar-refractivity contribution in [2.75, 3.05) is 6.61 Å². The van der Waals surface area contributed by atoms with Crippen LogP contribution < -0.4 is 5.32 Å². The molecule has 0 aliphatic heterocycles. The zero-order valence-corrected chi connectivity index (χ0v) is 22.4. The van der Waals surface area contributed by atoms with Crippen molar-refractivity contribution in [2.45, 2.75) is 26.3 Å². The summed E-state index contributed by atoms with van der Waals surface area (Å²) in [4.78, 5) is 29.5. The Morgan fingerprint density at radius 3 is 2.59 bits per heavy atom. The highest BCUT2D eigenvalue weighted by molar-refractivity contribution is 6.30. The summed E-state index contributed by atoms with van der Waals surface area (Å²) in [6, 6.07) is 24.5. The Morgan fingerprint density at radius 1 is 1.00 bits per heavy atom. The Bertz CT molecular complexity index is 1650. The van der Waals surface area contributed by atoms with Gasteiger partial charge < -0.3 is 14.5 Å². The number of fused-ring (bicyclic) bond motifs is 1. The van der Waals surface area contributed by atoms with Gasteiger partial charge in [0.25, 0.3) is 0 Å². The maximum atomic E-state index is 13.3. The van der Waals surface area contributed by atoms with Crippen LogP contribution in [0.25, 0.3) is 22.3 Å². The summed E-state index contributed by atoms with van der Waals surface area (Å²) >= 11 is 6.18. The molecule has 0 radical (unpaired) electrons. The molecule has 196 valence electrons. The topological polar surface area (TPSA) is 81.4 Å². The van der Waals surface area contributed by atoms with Crippen LogP contribution in [0, 0.1) is 6.92 Å². The van der Waals surface area contributed by atoms with Crippen LogP contribution in [0.3, 0.4) is 0 Å². The van der Waals surface area contributed by atoms with E-state index in [1.165, 1.54) is 6.20 Å². The standard InChI is InChI=1S/C32H27ClN2O4/c1-3-38-32(37)25-16-24(18-34-19-25)29-17-23-14-21(9-12-28(23)39-29)15-30(36)35-31(22-7-5-4-6-8-22)27-11-10-26(33)13-20(27)2/h4-14,16-19,31H,3,15H2,1-2H3,(H,35,36). The van der Waals surface area contributed by atoms with Crippen molar-refractivity contribution in [2.24, 2.45) is 0 Å². The molecular formula is C32H27ClN2O4. The lowest BCUT2D eigenvalue weighted by Gasteiger charge is -2.22. The molecule has 2 heterocycles. The Balaban J connectivity index is 1.37. The number of furan rings is 1. The first-order valence-electron chi connectivity index (χ1n) is 12.7. The number of carbonyl (C=O) groups excluding carboxylic acids is 2. The van der Waals surface area contributed by atoms with Gasteiger partial charge in [-0.25, -0.2) is 4.79 Å². The van der Waals surface area contributed by atoms with Crippen LogP contribution in [0.5, 0.6) is 0 Å². The van der Waals surface area contributed by atoms with E-state index in [9.17, 15) is 9.59 Å². The second-order valence-corrected chi connectivity index (χ2v) is 9.69. The molecule has 2 aromatic heterocycles. The van der Waals surface area contributed by atoms with Gasteiger partial charge in [-0.15, -0.1) is 0 Å². The highest BCUT2D eigenvalue weighted by Gasteiger charge is 2.19. The number of nitrogens with one attached hydrogen (secondary N) is 1. The molecular weight excluding hydrogens is 512 g/mol. The molecule has 0 fully saturated rings. The number of hydrogen-bond donors (Lipinski definition) is 1. The van der Waals surface area contributed by atoms with Gasteiger partial charge in [0.1, 0.15) is 11.3 Å². The van der Waals surface area contributed by atoms with Gasteiger partial charge in [0.2, 0.25) is 5.91 Å². The van der Waals surface area contributed by atoms with Crippen LogP contribution in [0.1, 0.15) is 45.6 Å². The van der Waals surface area contributed by atoms with Gasteiger partial charge in [-0.05, 0) is 72.5 Å². The number of aromatic nitrogens is 1. The molecule has 0 saturated carbocycles. The van der Waals surface area contributed by atoms with Crippen LogP contribution in [-0.2, 0) is 16.0 Å². The lowest BCUT2D eigenvalue weighted by Crippen LogP contribution is -2.31. The molecule has 0 aliphatic carbocycles. The van der Waals surface area contributed by atoms with Crippen molar-refractivity contribution < 1.29 is 18.7 Å². The number of halogens is 1. The van der Waals surface area contributed by atoms with Gasteiger partial charge in [-0.3, -0.25) is 9.78 Å². The number of amides is 1. The van der Waals surface area contributed by atoms with Crippen molar-refractivity contribution in [1.82, 2.24) is 10.3 Å². The number of nitrogens with zero attached hydrogens (tertiary/aromatic N) is 1.